The van der Waals surface area contributed by atoms with E-state index in [4.69, 9.17) is 4.74 Å². The maximum atomic E-state index is 12.3. The van der Waals surface area contributed by atoms with Gasteiger partial charge in [-0.3, -0.25) is 4.79 Å². The quantitative estimate of drug-likeness (QED) is 0.699. The smallest absolute Gasteiger partial charge is 0.254 e. The van der Waals surface area contributed by atoms with Gasteiger partial charge in [0, 0.05) is 31.7 Å². The van der Waals surface area contributed by atoms with Crippen molar-refractivity contribution >= 4 is 17.5 Å². The molecular formula is C21H22N4O2. The van der Waals surface area contributed by atoms with Crippen LogP contribution in [-0.2, 0) is 6.42 Å². The van der Waals surface area contributed by atoms with Crippen LogP contribution in [0.3, 0.4) is 0 Å². The number of hydrogen-bond acceptors (Lipinski definition) is 5. The molecule has 138 valence electrons. The third kappa shape index (κ3) is 4.82. The molecule has 6 nitrogen and oxygen atoms in total. The summed E-state index contributed by atoms with van der Waals surface area (Å²) < 4.78 is 5.21. The number of anilines is 2. The number of aromatic nitrogens is 2. The van der Waals surface area contributed by atoms with Crippen LogP contribution in [0.5, 0.6) is 5.75 Å². The number of nitrogens with zero attached hydrogens (tertiary/aromatic N) is 3. The Morgan fingerprint density at radius 3 is 2.52 bits per heavy atom. The zero-order chi connectivity index (χ0) is 19.1. The second-order valence-electron chi connectivity index (χ2n) is 6.02. The van der Waals surface area contributed by atoms with Gasteiger partial charge in [-0.2, -0.15) is 0 Å². The van der Waals surface area contributed by atoms with Crippen molar-refractivity contribution < 1.29 is 9.53 Å². The van der Waals surface area contributed by atoms with Gasteiger partial charge < -0.3 is 15.0 Å². The van der Waals surface area contributed by atoms with Crippen molar-refractivity contribution in [1.82, 2.24) is 15.3 Å². The molecule has 2 aromatic carbocycles. The van der Waals surface area contributed by atoms with E-state index in [0.29, 0.717) is 18.1 Å². The van der Waals surface area contributed by atoms with Crippen molar-refractivity contribution in [3.05, 3.63) is 78.1 Å². The third-order valence-electron chi connectivity index (χ3n) is 4.18. The molecule has 0 aliphatic carbocycles. The summed E-state index contributed by atoms with van der Waals surface area (Å²) in [5, 5.41) is 2.89. The van der Waals surface area contributed by atoms with E-state index in [2.05, 4.69) is 15.3 Å². The molecule has 1 amide bonds. The second kappa shape index (κ2) is 8.80. The van der Waals surface area contributed by atoms with Crippen LogP contribution in [0.15, 0.2) is 67.0 Å². The van der Waals surface area contributed by atoms with Crippen molar-refractivity contribution in [2.45, 2.75) is 6.42 Å². The SMILES string of the molecule is COc1cccc(CCNC(=O)c2cnc(N(C)c3ccccc3)nc2)c1. The number of carbonyl (C=O) groups excluding carboxylic acids is 1. The zero-order valence-electron chi connectivity index (χ0n) is 15.4. The number of amides is 1. The highest BCUT2D eigenvalue weighted by atomic mass is 16.5. The highest BCUT2D eigenvalue weighted by Crippen LogP contribution is 2.18. The minimum absolute atomic E-state index is 0.188. The van der Waals surface area contributed by atoms with Crippen molar-refractivity contribution in [2.75, 3.05) is 25.6 Å². The lowest BCUT2D eigenvalue weighted by Crippen LogP contribution is -2.26. The average Bonchev–Trinajstić information content (AvgIpc) is 2.74. The van der Waals surface area contributed by atoms with Gasteiger partial charge in [-0.05, 0) is 36.2 Å². The molecule has 0 bridgehead atoms. The average molecular weight is 362 g/mol. The van der Waals surface area contributed by atoms with Crippen LogP contribution in [0.4, 0.5) is 11.6 Å². The summed E-state index contributed by atoms with van der Waals surface area (Å²) in [6.45, 7) is 0.525. The van der Waals surface area contributed by atoms with Gasteiger partial charge in [0.2, 0.25) is 5.95 Å². The Morgan fingerprint density at radius 2 is 1.81 bits per heavy atom. The molecule has 0 aliphatic rings. The Hall–Kier alpha value is -3.41. The summed E-state index contributed by atoms with van der Waals surface area (Å²) in [6, 6.07) is 17.6. The summed E-state index contributed by atoms with van der Waals surface area (Å²) in [4.78, 5) is 22.8. The summed E-state index contributed by atoms with van der Waals surface area (Å²) in [5.41, 5.74) is 2.52. The monoisotopic (exact) mass is 362 g/mol. The lowest BCUT2D eigenvalue weighted by molar-refractivity contribution is 0.0953. The largest absolute Gasteiger partial charge is 0.497 e. The number of benzene rings is 2. The minimum Gasteiger partial charge on any atom is -0.497 e. The molecule has 0 fully saturated rings. The molecular weight excluding hydrogens is 340 g/mol. The Labute approximate surface area is 158 Å². The predicted octanol–water partition coefficient (Wildman–Crippen LogP) is 3.23. The van der Waals surface area contributed by atoms with E-state index in [1.165, 1.54) is 0 Å². The lowest BCUT2D eigenvalue weighted by Gasteiger charge is -2.16. The van der Waals surface area contributed by atoms with Gasteiger partial charge in [-0.1, -0.05) is 30.3 Å². The number of hydrogen-bond donors (Lipinski definition) is 1. The predicted molar refractivity (Wildman–Crippen MR) is 106 cm³/mol. The third-order valence-corrected chi connectivity index (χ3v) is 4.18. The van der Waals surface area contributed by atoms with Crippen LogP contribution < -0.4 is 15.0 Å². The van der Waals surface area contributed by atoms with Crippen molar-refractivity contribution in [3.63, 3.8) is 0 Å². The first-order valence-corrected chi connectivity index (χ1v) is 8.69. The van der Waals surface area contributed by atoms with Crippen LogP contribution in [0.25, 0.3) is 0 Å². The van der Waals surface area contributed by atoms with Crippen LogP contribution >= 0.6 is 0 Å². The van der Waals surface area contributed by atoms with E-state index >= 15 is 0 Å². The van der Waals surface area contributed by atoms with Crippen LogP contribution in [0, 0.1) is 0 Å². The normalized spacial score (nSPS) is 10.3. The van der Waals surface area contributed by atoms with Gasteiger partial charge >= 0.3 is 0 Å². The number of methoxy groups -OCH3 is 1. The molecule has 1 heterocycles. The van der Waals surface area contributed by atoms with E-state index < -0.39 is 0 Å². The summed E-state index contributed by atoms with van der Waals surface area (Å²) in [7, 11) is 3.53. The maximum Gasteiger partial charge on any atom is 0.254 e. The van der Waals surface area contributed by atoms with Gasteiger partial charge in [0.15, 0.2) is 0 Å². The minimum atomic E-state index is -0.188. The molecule has 0 saturated heterocycles. The highest BCUT2D eigenvalue weighted by Gasteiger charge is 2.10. The van der Waals surface area contributed by atoms with E-state index in [9.17, 15) is 4.79 Å². The molecule has 0 spiro atoms. The first kappa shape index (κ1) is 18.4. The van der Waals surface area contributed by atoms with Gasteiger partial charge in [0.1, 0.15) is 5.75 Å². The van der Waals surface area contributed by atoms with Crippen molar-refractivity contribution in [1.29, 1.82) is 0 Å². The molecule has 6 heteroatoms. The van der Waals surface area contributed by atoms with Crippen molar-refractivity contribution in [2.24, 2.45) is 0 Å². The topological polar surface area (TPSA) is 67.3 Å². The fraction of sp³-hybridized carbons (Fsp3) is 0.190. The molecule has 0 saturated carbocycles. The molecule has 0 atom stereocenters. The number of rotatable bonds is 7. The molecule has 27 heavy (non-hydrogen) atoms. The molecule has 0 radical (unpaired) electrons. The Kier molecular flexibility index (Phi) is 5.99. The first-order chi connectivity index (χ1) is 13.2. The Bertz CT molecular complexity index is 882. The Morgan fingerprint density at radius 1 is 1.07 bits per heavy atom. The van der Waals surface area contributed by atoms with E-state index in [1.54, 1.807) is 19.5 Å². The number of ether oxygens (including phenoxy) is 1. The van der Waals surface area contributed by atoms with Gasteiger partial charge in [0.05, 0.1) is 12.7 Å². The van der Waals surface area contributed by atoms with Gasteiger partial charge in [0.25, 0.3) is 5.91 Å². The summed E-state index contributed by atoms with van der Waals surface area (Å²) in [6.07, 6.45) is 3.81. The lowest BCUT2D eigenvalue weighted by atomic mass is 10.1. The second-order valence-corrected chi connectivity index (χ2v) is 6.02. The Balaban J connectivity index is 1.56. The van der Waals surface area contributed by atoms with E-state index in [-0.39, 0.29) is 5.91 Å². The molecule has 1 aromatic heterocycles. The van der Waals surface area contributed by atoms with Gasteiger partial charge in [-0.25, -0.2) is 9.97 Å². The fourth-order valence-corrected chi connectivity index (χ4v) is 2.63. The van der Waals surface area contributed by atoms with E-state index in [0.717, 1.165) is 23.4 Å². The molecule has 3 rings (SSSR count). The zero-order valence-corrected chi connectivity index (χ0v) is 15.4. The number of carbonyl (C=O) groups is 1. The summed E-state index contributed by atoms with van der Waals surface area (Å²) in [5.74, 6) is 1.16. The number of nitrogens with one attached hydrogen (secondary N) is 1. The van der Waals surface area contributed by atoms with E-state index in [1.807, 2.05) is 66.5 Å². The first-order valence-electron chi connectivity index (χ1n) is 8.69. The van der Waals surface area contributed by atoms with Gasteiger partial charge in [-0.15, -0.1) is 0 Å². The molecule has 0 aliphatic heterocycles. The van der Waals surface area contributed by atoms with Crippen LogP contribution in [0.2, 0.25) is 0 Å². The summed E-state index contributed by atoms with van der Waals surface area (Å²) >= 11 is 0. The van der Waals surface area contributed by atoms with Crippen LogP contribution in [0.1, 0.15) is 15.9 Å². The maximum absolute atomic E-state index is 12.3. The van der Waals surface area contributed by atoms with Crippen molar-refractivity contribution in [3.8, 4) is 5.75 Å². The van der Waals surface area contributed by atoms with Crippen LogP contribution in [-0.4, -0.2) is 36.6 Å². The highest BCUT2D eigenvalue weighted by molar-refractivity contribution is 5.93. The fourth-order valence-electron chi connectivity index (χ4n) is 2.63. The molecule has 3 aromatic rings. The molecule has 1 N–H and O–H groups in total. The standard InChI is InChI=1S/C21H22N4O2/c1-25(18-8-4-3-5-9-18)21-23-14-17(15-24-21)20(26)22-12-11-16-7-6-10-19(13-16)27-2/h3-10,13-15H,11-12H2,1-2H3,(H,22,26). The molecule has 0 unspecified atom stereocenters. The number of para-hydroxylation sites is 1.